The molecule has 4 N–H and O–H groups in total. The van der Waals surface area contributed by atoms with Gasteiger partial charge in [-0.15, -0.1) is 0 Å². The molecule has 4 aliphatic rings. The molecule has 4 fully saturated rings. The molecule has 0 bridgehead atoms. The zero-order valence-corrected chi connectivity index (χ0v) is 22.1. The smallest absolute Gasteiger partial charge is 0.328 e. The summed E-state index contributed by atoms with van der Waals surface area (Å²) in [6.07, 6.45) is 13.4. The van der Waals surface area contributed by atoms with Crippen LogP contribution in [0.4, 0.5) is 17.7 Å². The maximum Gasteiger partial charge on any atom is 0.328 e. The van der Waals surface area contributed by atoms with E-state index in [2.05, 4.69) is 34.2 Å². The van der Waals surface area contributed by atoms with E-state index in [1.165, 1.54) is 51.2 Å². The van der Waals surface area contributed by atoms with Gasteiger partial charge in [0, 0.05) is 11.6 Å². The average Bonchev–Trinajstić information content (AvgIpc) is 3.69. The summed E-state index contributed by atoms with van der Waals surface area (Å²) in [5.74, 6) is 2.01. The Balaban J connectivity index is 1.45. The molecule has 0 radical (unpaired) electrons. The molecule has 200 valence electrons. The number of hydrogen-bond donors (Lipinski definition) is 4. The van der Waals surface area contributed by atoms with E-state index >= 15 is 0 Å². The number of fused-ring (bicyclic) bond motifs is 1. The molecular formula is C27H39N7O3. The quantitative estimate of drug-likeness (QED) is 0.243. The van der Waals surface area contributed by atoms with Gasteiger partial charge < -0.3 is 20.6 Å². The highest BCUT2D eigenvalue weighted by Crippen LogP contribution is 2.66. The molecule has 0 amide bonds. The van der Waals surface area contributed by atoms with Crippen molar-refractivity contribution in [2.45, 2.75) is 102 Å². The van der Waals surface area contributed by atoms with Crippen LogP contribution in [-0.4, -0.2) is 41.7 Å². The van der Waals surface area contributed by atoms with Gasteiger partial charge in [-0.2, -0.15) is 20.4 Å². The Labute approximate surface area is 217 Å². The Morgan fingerprint density at radius 2 is 1.89 bits per heavy atom. The van der Waals surface area contributed by atoms with Crippen LogP contribution in [0.5, 0.6) is 0 Å². The predicted molar refractivity (Wildman–Crippen MR) is 142 cm³/mol. The number of carboxylic acid groups (broad SMARTS) is 1. The number of carbonyl (C=O) groups is 1. The number of aliphatic carboxylic acids is 1. The normalized spacial score (nSPS) is 28.4. The first-order valence-corrected chi connectivity index (χ1v) is 13.8. The van der Waals surface area contributed by atoms with Gasteiger partial charge in [-0.05, 0) is 76.0 Å². The van der Waals surface area contributed by atoms with Gasteiger partial charge in [0.15, 0.2) is 11.5 Å². The van der Waals surface area contributed by atoms with E-state index in [0.29, 0.717) is 17.5 Å². The minimum Gasteiger partial charge on any atom is -0.480 e. The van der Waals surface area contributed by atoms with Crippen molar-refractivity contribution in [1.29, 1.82) is 0 Å². The average molecular weight is 510 g/mol. The van der Waals surface area contributed by atoms with Crippen LogP contribution >= 0.6 is 0 Å². The maximum atomic E-state index is 11.8. The Bertz CT molecular complexity index is 1220. The SMILES string of the molecule is C=CONc1nc2nc(NC(C)(C)C(=O)O)nc(NC3(C4CCC4)CC3)c2n1[C@@H]1CC12CCC(C)CC2. The molecule has 4 saturated carbocycles. The third kappa shape index (κ3) is 4.18. The van der Waals surface area contributed by atoms with Crippen LogP contribution < -0.4 is 16.1 Å². The summed E-state index contributed by atoms with van der Waals surface area (Å²) in [6.45, 7) is 9.22. The van der Waals surface area contributed by atoms with Crippen LogP contribution in [-0.2, 0) is 9.63 Å². The van der Waals surface area contributed by atoms with E-state index in [0.717, 1.165) is 36.5 Å². The number of rotatable bonds is 10. The third-order valence-electron chi connectivity index (χ3n) is 9.51. The lowest BCUT2D eigenvalue weighted by Crippen LogP contribution is -2.41. The molecule has 10 nitrogen and oxygen atoms in total. The number of hydrogen-bond acceptors (Lipinski definition) is 8. The highest BCUT2D eigenvalue weighted by Gasteiger charge is 2.57. The van der Waals surface area contributed by atoms with Crippen molar-refractivity contribution in [3.05, 3.63) is 12.8 Å². The largest absolute Gasteiger partial charge is 0.480 e. The minimum absolute atomic E-state index is 0.0565. The summed E-state index contributed by atoms with van der Waals surface area (Å²) in [5, 5.41) is 16.5. The molecule has 2 aromatic heterocycles. The van der Waals surface area contributed by atoms with Crippen LogP contribution in [0.2, 0.25) is 0 Å². The number of imidazole rings is 1. The van der Waals surface area contributed by atoms with Crippen LogP contribution in [0.3, 0.4) is 0 Å². The lowest BCUT2D eigenvalue weighted by atomic mass is 9.78. The van der Waals surface area contributed by atoms with E-state index in [4.69, 9.17) is 19.8 Å². The fourth-order valence-electron chi connectivity index (χ4n) is 6.48. The third-order valence-corrected chi connectivity index (χ3v) is 9.51. The monoisotopic (exact) mass is 509 g/mol. The second-order valence-corrected chi connectivity index (χ2v) is 12.5. The zero-order chi connectivity index (χ0) is 26.0. The van der Waals surface area contributed by atoms with E-state index in [9.17, 15) is 9.90 Å². The van der Waals surface area contributed by atoms with Crippen LogP contribution in [0.1, 0.15) is 91.0 Å². The van der Waals surface area contributed by atoms with Gasteiger partial charge >= 0.3 is 5.97 Å². The van der Waals surface area contributed by atoms with E-state index in [1.807, 2.05) is 0 Å². The molecule has 10 heteroatoms. The summed E-state index contributed by atoms with van der Waals surface area (Å²) in [4.78, 5) is 31.6. The Kier molecular flexibility index (Phi) is 5.58. The lowest BCUT2D eigenvalue weighted by Gasteiger charge is -2.35. The first-order valence-electron chi connectivity index (χ1n) is 13.8. The molecule has 6 rings (SSSR count). The van der Waals surface area contributed by atoms with Crippen molar-refractivity contribution in [2.75, 3.05) is 16.1 Å². The highest BCUT2D eigenvalue weighted by molar-refractivity contribution is 5.89. The predicted octanol–water partition coefficient (Wildman–Crippen LogP) is 5.47. The van der Waals surface area contributed by atoms with Crippen LogP contribution in [0.25, 0.3) is 11.2 Å². The first-order chi connectivity index (χ1) is 17.7. The number of anilines is 3. The molecule has 1 spiro atoms. The molecule has 0 aromatic carbocycles. The molecule has 2 heterocycles. The Morgan fingerprint density at radius 3 is 2.49 bits per heavy atom. The van der Waals surface area contributed by atoms with Crippen molar-refractivity contribution in [3.63, 3.8) is 0 Å². The second-order valence-electron chi connectivity index (χ2n) is 12.5. The van der Waals surface area contributed by atoms with Crippen molar-refractivity contribution in [3.8, 4) is 0 Å². The number of nitrogens with one attached hydrogen (secondary N) is 3. The lowest BCUT2D eigenvalue weighted by molar-refractivity contribution is -0.141. The second kappa shape index (κ2) is 8.49. The van der Waals surface area contributed by atoms with E-state index in [-0.39, 0.29) is 22.9 Å². The fourth-order valence-corrected chi connectivity index (χ4v) is 6.48. The van der Waals surface area contributed by atoms with E-state index in [1.54, 1.807) is 13.8 Å². The van der Waals surface area contributed by atoms with Crippen molar-refractivity contribution >= 4 is 34.8 Å². The molecule has 0 aliphatic heterocycles. The first kappa shape index (κ1) is 24.3. The summed E-state index contributed by atoms with van der Waals surface area (Å²) in [7, 11) is 0. The number of carboxylic acids is 1. The molecule has 0 unspecified atom stereocenters. The van der Waals surface area contributed by atoms with Crippen molar-refractivity contribution in [1.82, 2.24) is 19.5 Å². The van der Waals surface area contributed by atoms with E-state index < -0.39 is 11.5 Å². The Hall–Kier alpha value is -3.04. The van der Waals surface area contributed by atoms with Gasteiger partial charge in [-0.1, -0.05) is 32.8 Å². The summed E-state index contributed by atoms with van der Waals surface area (Å²) in [5.41, 5.74) is 3.45. The summed E-state index contributed by atoms with van der Waals surface area (Å²) in [6, 6.07) is 0.290. The molecule has 37 heavy (non-hydrogen) atoms. The van der Waals surface area contributed by atoms with Gasteiger partial charge in [-0.25, -0.2) is 4.79 Å². The van der Waals surface area contributed by atoms with Crippen molar-refractivity contribution in [2.24, 2.45) is 17.3 Å². The van der Waals surface area contributed by atoms with Gasteiger partial charge in [0.1, 0.15) is 17.3 Å². The summed E-state index contributed by atoms with van der Waals surface area (Å²) >= 11 is 0. The number of aromatic nitrogens is 4. The molecule has 0 saturated heterocycles. The zero-order valence-electron chi connectivity index (χ0n) is 22.1. The topological polar surface area (TPSA) is 126 Å². The highest BCUT2D eigenvalue weighted by atomic mass is 16.6. The van der Waals surface area contributed by atoms with Gasteiger partial charge in [0.2, 0.25) is 11.9 Å². The molecule has 1 atom stereocenters. The molecule has 2 aromatic rings. The molecule has 4 aliphatic carbocycles. The standard InChI is InChI=1S/C27H39N7O3/c1-5-37-33-24-30-20-19(34(24)18-15-26(18)11-9-16(2)10-12-26)21(31-27(13-14-27)17-7-6-8-17)29-23(28-20)32-25(3,4)22(35)36/h5,16-18H,1,6-15H2,2-4H3,(H,35,36)(H3,28,29,30,31,32,33)/t16?,18-,26?/m1/s1. The van der Waals surface area contributed by atoms with Crippen LogP contribution in [0.15, 0.2) is 12.8 Å². The summed E-state index contributed by atoms with van der Waals surface area (Å²) < 4.78 is 2.24. The van der Waals surface area contributed by atoms with Gasteiger partial charge in [0.05, 0.1) is 0 Å². The minimum atomic E-state index is -1.23. The van der Waals surface area contributed by atoms with Crippen LogP contribution in [0, 0.1) is 17.3 Å². The van der Waals surface area contributed by atoms with Crippen molar-refractivity contribution < 1.29 is 14.7 Å². The fraction of sp³-hybridized carbons (Fsp3) is 0.704. The maximum absolute atomic E-state index is 11.8. The Morgan fingerprint density at radius 1 is 1.16 bits per heavy atom. The van der Waals surface area contributed by atoms with Gasteiger partial charge in [-0.3, -0.25) is 4.57 Å². The number of nitrogens with zero attached hydrogens (tertiary/aromatic N) is 4. The van der Waals surface area contributed by atoms with Gasteiger partial charge in [0.25, 0.3) is 0 Å². The molecular weight excluding hydrogens is 470 g/mol.